The van der Waals surface area contributed by atoms with Gasteiger partial charge in [0.2, 0.25) is 6.79 Å². The maximum Gasteiger partial charge on any atom is 0.210 e. The van der Waals surface area contributed by atoms with E-state index in [9.17, 15) is 0 Å². The quantitative estimate of drug-likeness (QED) is 0.560. The first-order valence-electron chi connectivity index (χ1n) is 3.58. The molecule has 0 amide bonds. The molecule has 0 unspecified atom stereocenters. The average Bonchev–Trinajstić information content (AvgIpc) is 2.28. The zero-order valence-electron chi connectivity index (χ0n) is 6.12. The first-order valence-corrected chi connectivity index (χ1v) is 3.58. The Hall–Kier alpha value is -0.860. The van der Waals surface area contributed by atoms with Gasteiger partial charge in [0.1, 0.15) is 0 Å². The topological polar surface area (TPSA) is 18.5 Å². The van der Waals surface area contributed by atoms with Gasteiger partial charge in [0.15, 0.2) is 0 Å². The maximum absolute atomic E-state index is 5.07. The molecular weight excluding hydrogens is 140 g/mol. The lowest BCUT2D eigenvalue weighted by molar-refractivity contribution is 0.0170. The lowest BCUT2D eigenvalue weighted by Crippen LogP contribution is -1.89. The molecule has 1 radical (unpaired) electrons. The number of fused-ring (bicyclic) bond motifs is 1. The molecule has 1 heterocycles. The molecule has 57 valence electrons. The van der Waals surface area contributed by atoms with Gasteiger partial charge in [0.25, 0.3) is 0 Å². The highest BCUT2D eigenvalue weighted by molar-refractivity contribution is 5.26. The largest absolute Gasteiger partial charge is 0.343 e. The highest BCUT2D eigenvalue weighted by atomic mass is 16.7. The second-order valence-corrected chi connectivity index (χ2v) is 2.49. The van der Waals surface area contributed by atoms with Gasteiger partial charge in [-0.15, -0.1) is 0 Å². The van der Waals surface area contributed by atoms with Gasteiger partial charge in [-0.2, -0.15) is 0 Å². The van der Waals surface area contributed by atoms with Crippen LogP contribution in [0.15, 0.2) is 24.3 Å². The van der Waals surface area contributed by atoms with Crippen LogP contribution >= 0.6 is 0 Å². The van der Waals surface area contributed by atoms with Gasteiger partial charge < -0.3 is 9.47 Å². The molecule has 2 nitrogen and oxygen atoms in total. The van der Waals surface area contributed by atoms with Gasteiger partial charge in [0.05, 0.1) is 13.2 Å². The van der Waals surface area contributed by atoms with Crippen molar-refractivity contribution in [2.45, 2.75) is 13.2 Å². The molecule has 0 fully saturated rings. The van der Waals surface area contributed by atoms with E-state index in [2.05, 4.69) is 12.1 Å². The Kier molecular flexibility index (Phi) is 1.88. The minimum atomic E-state index is 0.621. The summed E-state index contributed by atoms with van der Waals surface area (Å²) < 4.78 is 10.1. The van der Waals surface area contributed by atoms with Crippen LogP contribution in [0.25, 0.3) is 0 Å². The molecule has 0 saturated heterocycles. The monoisotopic (exact) mass is 149 g/mol. The van der Waals surface area contributed by atoms with Crippen molar-refractivity contribution in [2.75, 3.05) is 0 Å². The van der Waals surface area contributed by atoms with E-state index in [-0.39, 0.29) is 0 Å². The number of hydrogen-bond donors (Lipinski definition) is 0. The van der Waals surface area contributed by atoms with Crippen LogP contribution in [0.5, 0.6) is 0 Å². The van der Waals surface area contributed by atoms with Crippen LogP contribution in [0, 0.1) is 6.79 Å². The third-order valence-electron chi connectivity index (χ3n) is 1.73. The van der Waals surface area contributed by atoms with Gasteiger partial charge in [-0.25, -0.2) is 0 Å². The molecule has 0 aromatic heterocycles. The third-order valence-corrected chi connectivity index (χ3v) is 1.73. The number of benzene rings is 1. The second kappa shape index (κ2) is 3.03. The van der Waals surface area contributed by atoms with Crippen LogP contribution in [0.1, 0.15) is 11.1 Å². The summed E-state index contributed by atoms with van der Waals surface area (Å²) in [5.41, 5.74) is 2.42. The minimum absolute atomic E-state index is 0.621. The summed E-state index contributed by atoms with van der Waals surface area (Å²) in [7, 11) is 0. The Bertz CT molecular complexity index is 220. The Balaban J connectivity index is 2.33. The van der Waals surface area contributed by atoms with E-state index in [1.54, 1.807) is 0 Å². The number of rotatable bonds is 0. The van der Waals surface area contributed by atoms with Crippen LogP contribution in [0.3, 0.4) is 0 Å². The summed E-state index contributed by atoms with van der Waals surface area (Å²) in [5, 5.41) is 0. The first-order chi connectivity index (χ1) is 5.47. The van der Waals surface area contributed by atoms with Crippen LogP contribution in [0.2, 0.25) is 0 Å². The molecule has 1 aromatic carbocycles. The average molecular weight is 149 g/mol. The summed E-state index contributed by atoms with van der Waals surface area (Å²) >= 11 is 0. The van der Waals surface area contributed by atoms with Crippen molar-refractivity contribution in [2.24, 2.45) is 0 Å². The fourth-order valence-corrected chi connectivity index (χ4v) is 1.13. The molecule has 2 rings (SSSR count). The number of ether oxygens (including phenoxy) is 2. The summed E-state index contributed by atoms with van der Waals surface area (Å²) in [6.45, 7) is 2.65. The molecule has 11 heavy (non-hydrogen) atoms. The van der Waals surface area contributed by atoms with Crippen molar-refractivity contribution in [1.82, 2.24) is 0 Å². The van der Waals surface area contributed by atoms with Crippen molar-refractivity contribution in [3.8, 4) is 0 Å². The van der Waals surface area contributed by atoms with Gasteiger partial charge in [-0.1, -0.05) is 24.3 Å². The Morgan fingerprint density at radius 3 is 2.00 bits per heavy atom. The number of hydrogen-bond acceptors (Lipinski definition) is 2. The van der Waals surface area contributed by atoms with Crippen LogP contribution in [0.4, 0.5) is 0 Å². The Labute approximate surface area is 65.7 Å². The zero-order valence-corrected chi connectivity index (χ0v) is 6.12. The fraction of sp³-hybridized carbons (Fsp3) is 0.222. The van der Waals surface area contributed by atoms with Crippen molar-refractivity contribution in [1.29, 1.82) is 0 Å². The molecule has 0 saturated carbocycles. The molecule has 0 N–H and O–H groups in total. The lowest BCUT2D eigenvalue weighted by Gasteiger charge is -2.00. The van der Waals surface area contributed by atoms with Gasteiger partial charge in [0, 0.05) is 0 Å². The van der Waals surface area contributed by atoms with Crippen LogP contribution < -0.4 is 0 Å². The first kappa shape index (κ1) is 6.83. The van der Waals surface area contributed by atoms with Crippen molar-refractivity contribution in [3.05, 3.63) is 42.2 Å². The Morgan fingerprint density at radius 2 is 1.45 bits per heavy atom. The standard InChI is InChI=1S/C9H9O2/c1-2-4-9-6-11-7-10-5-8(9)3-1/h1-4,7H,5-6H2. The van der Waals surface area contributed by atoms with Crippen molar-refractivity contribution < 1.29 is 9.47 Å². The molecule has 0 spiro atoms. The van der Waals surface area contributed by atoms with E-state index in [0.29, 0.717) is 13.2 Å². The van der Waals surface area contributed by atoms with Gasteiger partial charge >= 0.3 is 0 Å². The van der Waals surface area contributed by atoms with Crippen LogP contribution in [-0.4, -0.2) is 0 Å². The summed E-state index contributed by atoms with van der Waals surface area (Å²) in [6.07, 6.45) is 0. The van der Waals surface area contributed by atoms with Crippen LogP contribution in [-0.2, 0) is 22.7 Å². The van der Waals surface area contributed by atoms with Gasteiger partial charge in [-0.05, 0) is 11.1 Å². The molecule has 1 aromatic rings. The highest BCUT2D eigenvalue weighted by Gasteiger charge is 2.06. The smallest absolute Gasteiger partial charge is 0.210 e. The molecular formula is C9H9O2. The fourth-order valence-electron chi connectivity index (χ4n) is 1.13. The molecule has 0 atom stereocenters. The van der Waals surface area contributed by atoms with Crippen molar-refractivity contribution in [3.63, 3.8) is 0 Å². The Morgan fingerprint density at radius 1 is 0.909 bits per heavy atom. The predicted molar refractivity (Wildman–Crippen MR) is 40.3 cm³/mol. The van der Waals surface area contributed by atoms with E-state index >= 15 is 0 Å². The van der Waals surface area contributed by atoms with E-state index < -0.39 is 0 Å². The lowest BCUT2D eigenvalue weighted by atomic mass is 10.1. The molecule has 1 aliphatic heterocycles. The molecule has 0 aliphatic carbocycles. The second-order valence-electron chi connectivity index (χ2n) is 2.49. The van der Waals surface area contributed by atoms with E-state index in [4.69, 9.17) is 9.47 Å². The summed E-state index contributed by atoms with van der Waals surface area (Å²) in [6, 6.07) is 8.12. The maximum atomic E-state index is 5.07. The molecule has 1 aliphatic rings. The zero-order chi connectivity index (χ0) is 7.52. The molecule has 2 heteroatoms. The van der Waals surface area contributed by atoms with E-state index in [0.717, 1.165) is 0 Å². The minimum Gasteiger partial charge on any atom is -0.343 e. The summed E-state index contributed by atoms with van der Waals surface area (Å²) in [5.74, 6) is 0. The molecule has 0 bridgehead atoms. The van der Waals surface area contributed by atoms with Gasteiger partial charge in [-0.3, -0.25) is 0 Å². The summed E-state index contributed by atoms with van der Waals surface area (Å²) in [4.78, 5) is 0. The predicted octanol–water partition coefficient (Wildman–Crippen LogP) is 1.85. The highest BCUT2D eigenvalue weighted by Crippen LogP contribution is 2.15. The van der Waals surface area contributed by atoms with E-state index in [1.165, 1.54) is 17.9 Å². The van der Waals surface area contributed by atoms with Crippen molar-refractivity contribution >= 4 is 0 Å². The third kappa shape index (κ3) is 1.42. The SMILES string of the molecule is [CH]1OCc2ccccc2CO1. The normalized spacial score (nSPS) is 17.1. The van der Waals surface area contributed by atoms with E-state index in [1.807, 2.05) is 12.1 Å².